The summed E-state index contributed by atoms with van der Waals surface area (Å²) >= 11 is 0. The molecule has 0 saturated carbocycles. The Bertz CT molecular complexity index is 2950. The van der Waals surface area contributed by atoms with E-state index in [-0.39, 0.29) is 6.17 Å². The molecule has 296 valence electrons. The monoisotopic (exact) mass is 826 g/mol. The van der Waals surface area contributed by atoms with Gasteiger partial charge in [0.05, 0.1) is 5.69 Å². The summed E-state index contributed by atoms with van der Waals surface area (Å²) in [5, 5.41) is 8.98. The van der Waals surface area contributed by atoms with Crippen molar-refractivity contribution in [2.45, 2.75) is 31.8 Å². The third-order valence-electron chi connectivity index (χ3n) is 12.8. The van der Waals surface area contributed by atoms with Gasteiger partial charge in [0, 0.05) is 54.3 Å². The summed E-state index contributed by atoms with van der Waals surface area (Å²) in [5.41, 5.74) is 12.1. The van der Waals surface area contributed by atoms with E-state index >= 15 is 9.13 Å². The lowest BCUT2D eigenvalue weighted by Gasteiger charge is -2.37. The van der Waals surface area contributed by atoms with E-state index in [1.807, 2.05) is 121 Å². The highest BCUT2D eigenvalue weighted by atomic mass is 31.2. The van der Waals surface area contributed by atoms with Crippen LogP contribution in [0, 0.1) is 0 Å². The number of hydrogen-bond acceptors (Lipinski definition) is 4. The van der Waals surface area contributed by atoms with Crippen LogP contribution in [0.1, 0.15) is 37.4 Å². The molecule has 6 heteroatoms. The average molecular weight is 827 g/mol. The quantitative estimate of drug-likeness (QED) is 0.155. The summed E-state index contributed by atoms with van der Waals surface area (Å²) in [6, 6.07) is 70.0. The Kier molecular flexibility index (Phi) is 9.38. The standard InChI is InChI=1S/C55H44N2O2P2/c58-60(43-15-5-1-6-16-43,44-17-7-2-8-18-44)47-31-25-39(26-32-47)41-29-35-49-50-36-30-42(38-54(50)57-53-24-14-13-23-52(53)56-55(57)51(49)37-41)40-27-33-48(34-28-40)61(59,45-19-9-3-10-20-45)46-21-11-4-12-22-46/h1-12,15-22,25-38,55-56H,13-14,23-24H2. The summed E-state index contributed by atoms with van der Waals surface area (Å²) in [5.74, 6) is 0. The number of allylic oxidation sites excluding steroid dienone is 2. The summed E-state index contributed by atoms with van der Waals surface area (Å²) < 4.78 is 30.1. The van der Waals surface area contributed by atoms with Crippen LogP contribution in [0.15, 0.2) is 218 Å². The Hall–Kier alpha value is -6.44. The summed E-state index contributed by atoms with van der Waals surface area (Å²) in [6.45, 7) is 0. The van der Waals surface area contributed by atoms with Gasteiger partial charge in [0.25, 0.3) is 0 Å². The van der Waals surface area contributed by atoms with Crippen molar-refractivity contribution in [3.05, 3.63) is 223 Å². The SMILES string of the molecule is O=P(c1ccccc1)(c1ccccc1)c1ccc(-c2ccc3c(c2)C2NC4=C(CCCC4)N2c2cc(-c4ccc(P(=O)(c5ccccc5)c5ccccc5)cc4)ccc2-3)cc1. The second-order valence-electron chi connectivity index (χ2n) is 16.2. The molecule has 3 aliphatic rings. The molecule has 2 aliphatic heterocycles. The molecule has 11 rings (SSSR count). The van der Waals surface area contributed by atoms with Crippen LogP contribution in [-0.4, -0.2) is 0 Å². The maximum Gasteiger partial charge on any atom is 0.171 e. The van der Waals surface area contributed by atoms with Crippen molar-refractivity contribution in [3.63, 3.8) is 0 Å². The molecule has 8 aromatic rings. The fourth-order valence-electron chi connectivity index (χ4n) is 9.72. The predicted octanol–water partition coefficient (Wildman–Crippen LogP) is 11.2. The van der Waals surface area contributed by atoms with Crippen LogP contribution in [0.4, 0.5) is 5.69 Å². The first-order chi connectivity index (χ1) is 30.0. The molecule has 1 N–H and O–H groups in total. The van der Waals surface area contributed by atoms with Crippen molar-refractivity contribution in [2.24, 2.45) is 0 Å². The molecule has 0 aromatic heterocycles. The van der Waals surface area contributed by atoms with Gasteiger partial charge in [0.15, 0.2) is 14.3 Å². The zero-order valence-corrected chi connectivity index (χ0v) is 35.5. The van der Waals surface area contributed by atoms with Gasteiger partial charge >= 0.3 is 0 Å². The minimum absolute atomic E-state index is 0.0125. The molecule has 2 heterocycles. The van der Waals surface area contributed by atoms with E-state index in [2.05, 4.69) is 95.1 Å². The minimum Gasteiger partial charge on any atom is -0.363 e. The molecule has 4 nitrogen and oxygen atoms in total. The first-order valence-electron chi connectivity index (χ1n) is 21.2. The van der Waals surface area contributed by atoms with Crippen molar-refractivity contribution < 1.29 is 9.13 Å². The van der Waals surface area contributed by atoms with Crippen LogP contribution < -0.4 is 42.0 Å². The van der Waals surface area contributed by atoms with E-state index in [4.69, 9.17) is 0 Å². The highest BCUT2D eigenvalue weighted by molar-refractivity contribution is 7.85. The highest BCUT2D eigenvalue weighted by Gasteiger charge is 2.40. The molecular formula is C55H44N2O2P2. The number of fused-ring (bicyclic) bond motifs is 7. The molecule has 0 amide bonds. The van der Waals surface area contributed by atoms with Crippen LogP contribution in [0.25, 0.3) is 33.4 Å². The van der Waals surface area contributed by atoms with E-state index in [0.717, 1.165) is 66.9 Å². The third-order valence-corrected chi connectivity index (χ3v) is 19.0. The maximum absolute atomic E-state index is 15.1. The maximum atomic E-state index is 15.1. The Balaban J connectivity index is 0.962. The number of hydrogen-bond donors (Lipinski definition) is 1. The zero-order chi connectivity index (χ0) is 41.0. The van der Waals surface area contributed by atoms with Crippen LogP contribution in [-0.2, 0) is 9.13 Å². The number of nitrogens with zero attached hydrogens (tertiary/aromatic N) is 1. The number of nitrogens with one attached hydrogen (secondary N) is 1. The topological polar surface area (TPSA) is 49.4 Å². The minimum atomic E-state index is -3.07. The van der Waals surface area contributed by atoms with Crippen LogP contribution in [0.3, 0.4) is 0 Å². The fraction of sp³-hybridized carbons (Fsp3) is 0.0909. The van der Waals surface area contributed by atoms with E-state index < -0.39 is 14.3 Å². The summed E-state index contributed by atoms with van der Waals surface area (Å²) in [4.78, 5) is 2.56. The van der Waals surface area contributed by atoms with E-state index in [9.17, 15) is 0 Å². The van der Waals surface area contributed by atoms with E-state index in [1.54, 1.807) is 0 Å². The Morgan fingerprint density at radius 2 is 0.803 bits per heavy atom. The van der Waals surface area contributed by atoms with Crippen molar-refractivity contribution in [3.8, 4) is 33.4 Å². The number of benzene rings is 8. The second-order valence-corrected chi connectivity index (χ2v) is 21.8. The van der Waals surface area contributed by atoms with Gasteiger partial charge in [-0.2, -0.15) is 0 Å². The van der Waals surface area contributed by atoms with E-state index in [0.29, 0.717) is 0 Å². The van der Waals surface area contributed by atoms with Crippen molar-refractivity contribution >= 4 is 51.8 Å². The van der Waals surface area contributed by atoms with Crippen LogP contribution in [0.2, 0.25) is 0 Å². The Morgan fingerprint density at radius 1 is 0.410 bits per heavy atom. The summed E-state index contributed by atoms with van der Waals surface area (Å²) in [7, 11) is -6.14. The second kappa shape index (κ2) is 15.2. The van der Waals surface area contributed by atoms with Gasteiger partial charge in [0.2, 0.25) is 0 Å². The third kappa shape index (κ3) is 6.28. The van der Waals surface area contributed by atoms with Crippen molar-refractivity contribution in [1.82, 2.24) is 5.32 Å². The number of rotatable bonds is 8. The van der Waals surface area contributed by atoms with Gasteiger partial charge in [-0.15, -0.1) is 0 Å². The van der Waals surface area contributed by atoms with Crippen molar-refractivity contribution in [1.29, 1.82) is 0 Å². The smallest absolute Gasteiger partial charge is 0.171 e. The van der Waals surface area contributed by atoms with Gasteiger partial charge in [-0.25, -0.2) is 0 Å². The van der Waals surface area contributed by atoms with E-state index in [1.165, 1.54) is 46.6 Å². The van der Waals surface area contributed by atoms with Crippen molar-refractivity contribution in [2.75, 3.05) is 4.90 Å². The molecule has 1 unspecified atom stereocenters. The average Bonchev–Trinajstić information content (AvgIpc) is 3.75. The lowest BCUT2D eigenvalue weighted by molar-refractivity contribution is 0.591. The Labute approximate surface area is 358 Å². The molecular weight excluding hydrogens is 783 g/mol. The molecule has 0 saturated heterocycles. The zero-order valence-electron chi connectivity index (χ0n) is 33.7. The molecule has 0 fully saturated rings. The largest absolute Gasteiger partial charge is 0.363 e. The summed E-state index contributed by atoms with van der Waals surface area (Å²) in [6.07, 6.45) is 4.46. The molecule has 0 radical (unpaired) electrons. The van der Waals surface area contributed by atoms with Gasteiger partial charge in [-0.1, -0.05) is 194 Å². The van der Waals surface area contributed by atoms with Gasteiger partial charge in [0.1, 0.15) is 6.17 Å². The fourth-order valence-corrected chi connectivity index (χ4v) is 15.0. The molecule has 61 heavy (non-hydrogen) atoms. The Morgan fingerprint density at radius 3 is 1.28 bits per heavy atom. The number of anilines is 1. The highest BCUT2D eigenvalue weighted by Crippen LogP contribution is 2.53. The molecule has 8 aromatic carbocycles. The molecule has 1 aliphatic carbocycles. The lowest BCUT2D eigenvalue weighted by Crippen LogP contribution is -2.32. The van der Waals surface area contributed by atoms with Crippen LogP contribution >= 0.6 is 14.3 Å². The molecule has 0 spiro atoms. The first kappa shape index (κ1) is 37.6. The van der Waals surface area contributed by atoms with Gasteiger partial charge in [-0.3, -0.25) is 0 Å². The normalized spacial score (nSPS) is 15.6. The molecule has 1 atom stereocenters. The van der Waals surface area contributed by atoms with Gasteiger partial charge in [-0.05, 0) is 65.6 Å². The van der Waals surface area contributed by atoms with Gasteiger partial charge < -0.3 is 19.3 Å². The lowest BCUT2D eigenvalue weighted by atomic mass is 9.87. The van der Waals surface area contributed by atoms with Crippen LogP contribution in [0.5, 0.6) is 0 Å². The molecule has 0 bridgehead atoms. The predicted molar refractivity (Wildman–Crippen MR) is 255 cm³/mol. The first-order valence-corrected chi connectivity index (χ1v) is 24.6.